The smallest absolute Gasteiger partial charge is 0.147 e. The summed E-state index contributed by atoms with van der Waals surface area (Å²) < 4.78 is 0. The second-order valence-corrected chi connectivity index (χ2v) is 5.24. The van der Waals surface area contributed by atoms with E-state index >= 15 is 0 Å². The molecule has 1 aliphatic heterocycles. The Hall–Kier alpha value is -0.810. The Morgan fingerprint density at radius 2 is 2.40 bits per heavy atom. The lowest BCUT2D eigenvalue weighted by atomic mass is 10.3. The Morgan fingerprint density at radius 1 is 1.53 bits per heavy atom. The van der Waals surface area contributed by atoms with E-state index in [1.54, 1.807) is 6.20 Å². The third-order valence-electron chi connectivity index (χ3n) is 2.47. The van der Waals surface area contributed by atoms with Crippen molar-refractivity contribution in [1.29, 1.82) is 0 Å². The summed E-state index contributed by atoms with van der Waals surface area (Å²) >= 11 is 2.01. The van der Waals surface area contributed by atoms with E-state index in [0.717, 1.165) is 24.6 Å². The molecule has 0 amide bonds. The van der Waals surface area contributed by atoms with Crippen LogP contribution in [0.15, 0.2) is 12.4 Å². The third kappa shape index (κ3) is 2.60. The van der Waals surface area contributed by atoms with E-state index in [4.69, 9.17) is 5.73 Å². The van der Waals surface area contributed by atoms with Crippen LogP contribution >= 0.6 is 11.8 Å². The highest BCUT2D eigenvalue weighted by Crippen LogP contribution is 2.21. The van der Waals surface area contributed by atoms with E-state index in [2.05, 4.69) is 21.8 Å². The van der Waals surface area contributed by atoms with Gasteiger partial charge in [0.15, 0.2) is 0 Å². The lowest BCUT2D eigenvalue weighted by molar-refractivity contribution is 0.764. The second-order valence-electron chi connectivity index (χ2n) is 3.70. The SMILES string of the molecule is CC1CN(c2cnc(CN)cn2)CCS1. The summed E-state index contributed by atoms with van der Waals surface area (Å²) in [6, 6.07) is 0. The van der Waals surface area contributed by atoms with Crippen LogP contribution in [0.3, 0.4) is 0 Å². The number of anilines is 1. The predicted octanol–water partition coefficient (Wildman–Crippen LogP) is 0.877. The molecule has 0 aromatic carbocycles. The van der Waals surface area contributed by atoms with Crippen molar-refractivity contribution in [2.45, 2.75) is 18.7 Å². The third-order valence-corrected chi connectivity index (χ3v) is 3.60. The zero-order chi connectivity index (χ0) is 10.7. The quantitative estimate of drug-likeness (QED) is 0.808. The van der Waals surface area contributed by atoms with E-state index in [0.29, 0.717) is 11.8 Å². The highest BCUT2D eigenvalue weighted by atomic mass is 32.2. The molecule has 1 saturated heterocycles. The van der Waals surface area contributed by atoms with Crippen molar-refractivity contribution in [2.75, 3.05) is 23.7 Å². The zero-order valence-electron chi connectivity index (χ0n) is 8.89. The molecule has 1 aliphatic rings. The summed E-state index contributed by atoms with van der Waals surface area (Å²) in [6.45, 7) is 4.82. The van der Waals surface area contributed by atoms with Crippen molar-refractivity contribution in [3.63, 3.8) is 0 Å². The van der Waals surface area contributed by atoms with Gasteiger partial charge < -0.3 is 10.6 Å². The molecule has 1 atom stereocenters. The number of thioether (sulfide) groups is 1. The topological polar surface area (TPSA) is 55.0 Å². The molecule has 82 valence electrons. The molecule has 0 radical (unpaired) electrons. The lowest BCUT2D eigenvalue weighted by Crippen LogP contribution is -2.37. The molecule has 15 heavy (non-hydrogen) atoms. The number of nitrogens with zero attached hydrogens (tertiary/aromatic N) is 3. The van der Waals surface area contributed by atoms with Crippen molar-refractivity contribution in [3.05, 3.63) is 18.1 Å². The first-order valence-electron chi connectivity index (χ1n) is 5.17. The minimum absolute atomic E-state index is 0.458. The number of hydrogen-bond donors (Lipinski definition) is 1. The van der Waals surface area contributed by atoms with E-state index in [9.17, 15) is 0 Å². The summed E-state index contributed by atoms with van der Waals surface area (Å²) in [7, 11) is 0. The first-order valence-corrected chi connectivity index (χ1v) is 6.22. The van der Waals surface area contributed by atoms with Crippen LogP contribution in [0.25, 0.3) is 0 Å². The maximum absolute atomic E-state index is 5.48. The van der Waals surface area contributed by atoms with Crippen molar-refractivity contribution in [1.82, 2.24) is 9.97 Å². The van der Waals surface area contributed by atoms with Gasteiger partial charge in [0.05, 0.1) is 18.1 Å². The average Bonchev–Trinajstić information content (AvgIpc) is 2.29. The van der Waals surface area contributed by atoms with Gasteiger partial charge in [0, 0.05) is 30.6 Å². The molecular formula is C10H16N4S. The molecule has 5 heteroatoms. The molecule has 0 aliphatic carbocycles. The summed E-state index contributed by atoms with van der Waals surface area (Å²) in [5.74, 6) is 2.14. The Bertz CT molecular complexity index is 314. The maximum atomic E-state index is 5.48. The predicted molar refractivity (Wildman–Crippen MR) is 64.1 cm³/mol. The Morgan fingerprint density at radius 3 is 3.00 bits per heavy atom. The second kappa shape index (κ2) is 4.81. The number of aromatic nitrogens is 2. The largest absolute Gasteiger partial charge is 0.353 e. The number of hydrogen-bond acceptors (Lipinski definition) is 5. The van der Waals surface area contributed by atoms with Crippen LogP contribution in [-0.4, -0.2) is 34.1 Å². The molecular weight excluding hydrogens is 208 g/mol. The van der Waals surface area contributed by atoms with Crippen LogP contribution < -0.4 is 10.6 Å². The van der Waals surface area contributed by atoms with Gasteiger partial charge in [-0.2, -0.15) is 11.8 Å². The van der Waals surface area contributed by atoms with Gasteiger partial charge in [-0.05, 0) is 0 Å². The molecule has 0 saturated carbocycles. The summed E-state index contributed by atoms with van der Waals surface area (Å²) in [5.41, 5.74) is 6.33. The Labute approximate surface area is 94.3 Å². The van der Waals surface area contributed by atoms with Crippen molar-refractivity contribution in [2.24, 2.45) is 5.73 Å². The van der Waals surface area contributed by atoms with Crippen LogP contribution in [0.5, 0.6) is 0 Å². The van der Waals surface area contributed by atoms with E-state index in [-0.39, 0.29) is 0 Å². The van der Waals surface area contributed by atoms with Crippen LogP contribution in [0, 0.1) is 0 Å². The highest BCUT2D eigenvalue weighted by Gasteiger charge is 2.17. The number of rotatable bonds is 2. The summed E-state index contributed by atoms with van der Waals surface area (Å²) in [5, 5.41) is 0.676. The van der Waals surface area contributed by atoms with Gasteiger partial charge in [0.25, 0.3) is 0 Å². The average molecular weight is 224 g/mol. The van der Waals surface area contributed by atoms with E-state index < -0.39 is 0 Å². The minimum Gasteiger partial charge on any atom is -0.353 e. The first-order chi connectivity index (χ1) is 7.29. The van der Waals surface area contributed by atoms with Gasteiger partial charge in [-0.3, -0.25) is 4.98 Å². The first kappa shape index (κ1) is 10.7. The molecule has 2 heterocycles. The van der Waals surface area contributed by atoms with E-state index in [1.807, 2.05) is 18.0 Å². The van der Waals surface area contributed by atoms with Gasteiger partial charge in [-0.1, -0.05) is 6.92 Å². The number of nitrogens with two attached hydrogens (primary N) is 1. The summed E-state index contributed by atoms with van der Waals surface area (Å²) in [4.78, 5) is 10.9. The Balaban J connectivity index is 2.07. The van der Waals surface area contributed by atoms with Crippen LogP contribution in [0.1, 0.15) is 12.6 Å². The summed E-state index contributed by atoms with van der Waals surface area (Å²) in [6.07, 6.45) is 3.59. The van der Waals surface area contributed by atoms with Gasteiger partial charge in [0.1, 0.15) is 5.82 Å². The molecule has 1 aromatic heterocycles. The van der Waals surface area contributed by atoms with Gasteiger partial charge >= 0.3 is 0 Å². The molecule has 1 aromatic rings. The minimum atomic E-state index is 0.458. The molecule has 0 spiro atoms. The van der Waals surface area contributed by atoms with Crippen LogP contribution in [0.2, 0.25) is 0 Å². The van der Waals surface area contributed by atoms with Crippen molar-refractivity contribution < 1.29 is 0 Å². The fourth-order valence-electron chi connectivity index (χ4n) is 1.64. The standard InChI is InChI=1S/C10H16N4S/c1-8-7-14(2-3-15-8)10-6-12-9(4-11)5-13-10/h5-6,8H,2-4,7,11H2,1H3. The molecule has 2 N–H and O–H groups in total. The maximum Gasteiger partial charge on any atom is 0.147 e. The van der Waals surface area contributed by atoms with Crippen LogP contribution in [0.4, 0.5) is 5.82 Å². The van der Waals surface area contributed by atoms with Crippen molar-refractivity contribution in [3.8, 4) is 0 Å². The molecule has 0 bridgehead atoms. The van der Waals surface area contributed by atoms with Gasteiger partial charge in [-0.25, -0.2) is 4.98 Å². The molecule has 1 fully saturated rings. The van der Waals surface area contributed by atoms with Crippen molar-refractivity contribution >= 4 is 17.6 Å². The normalized spacial score (nSPS) is 21.7. The fraction of sp³-hybridized carbons (Fsp3) is 0.600. The lowest BCUT2D eigenvalue weighted by Gasteiger charge is -2.31. The highest BCUT2D eigenvalue weighted by molar-refractivity contribution is 8.00. The Kier molecular flexibility index (Phi) is 3.43. The molecule has 4 nitrogen and oxygen atoms in total. The van der Waals surface area contributed by atoms with Gasteiger partial charge in [0.2, 0.25) is 0 Å². The molecule has 2 rings (SSSR count). The van der Waals surface area contributed by atoms with E-state index in [1.165, 1.54) is 5.75 Å². The molecule has 1 unspecified atom stereocenters. The zero-order valence-corrected chi connectivity index (χ0v) is 9.70. The van der Waals surface area contributed by atoms with Crippen LogP contribution in [-0.2, 0) is 6.54 Å². The monoisotopic (exact) mass is 224 g/mol. The fourth-order valence-corrected chi connectivity index (χ4v) is 2.66. The van der Waals surface area contributed by atoms with Gasteiger partial charge in [-0.15, -0.1) is 0 Å².